The first-order valence-corrected chi connectivity index (χ1v) is 9.89. The number of thioether (sulfide) groups is 1. The molecule has 0 fully saturated rings. The summed E-state index contributed by atoms with van der Waals surface area (Å²) in [6.07, 6.45) is 4.30. The molecule has 0 bridgehead atoms. The minimum Gasteiger partial charge on any atom is -0.460 e. The topological polar surface area (TPSA) is 72.5 Å². The third-order valence-corrected chi connectivity index (χ3v) is 4.67. The van der Waals surface area contributed by atoms with Gasteiger partial charge in [0, 0.05) is 23.2 Å². The third-order valence-electron chi connectivity index (χ3n) is 3.86. The van der Waals surface area contributed by atoms with Crippen molar-refractivity contribution < 1.29 is 19.1 Å². The average Bonchev–Trinajstić information content (AvgIpc) is 2.54. The highest BCUT2D eigenvalue weighted by atomic mass is 32.2. The zero-order valence-corrected chi connectivity index (χ0v) is 17.3. The van der Waals surface area contributed by atoms with Crippen molar-refractivity contribution in [3.05, 3.63) is 11.6 Å². The predicted octanol–water partition coefficient (Wildman–Crippen LogP) is 4.36. The lowest BCUT2D eigenvalue weighted by Gasteiger charge is -2.15. The fourth-order valence-electron chi connectivity index (χ4n) is 2.02. The van der Waals surface area contributed by atoms with Gasteiger partial charge in [-0.25, -0.2) is 4.79 Å². The molecule has 0 spiro atoms. The van der Waals surface area contributed by atoms with Crippen LogP contribution in [-0.4, -0.2) is 35.9 Å². The largest absolute Gasteiger partial charge is 0.460 e. The average molecular weight is 372 g/mol. The summed E-state index contributed by atoms with van der Waals surface area (Å²) in [5.74, 6) is 0.643. The molecule has 1 N–H and O–H groups in total. The van der Waals surface area contributed by atoms with Crippen LogP contribution < -0.4 is 5.32 Å². The van der Waals surface area contributed by atoms with Crippen molar-refractivity contribution in [3.63, 3.8) is 0 Å². The molecule has 0 aromatic heterocycles. The first-order chi connectivity index (χ1) is 11.6. The molecule has 144 valence electrons. The molecule has 0 aliphatic heterocycles. The number of hydrogen-bond donors (Lipinski definition) is 1. The summed E-state index contributed by atoms with van der Waals surface area (Å²) in [7, 11) is 0. The van der Waals surface area contributed by atoms with Gasteiger partial charge >= 0.3 is 5.97 Å². The number of esters is 1. The van der Waals surface area contributed by atoms with Crippen LogP contribution in [0.2, 0.25) is 0 Å². The summed E-state index contributed by atoms with van der Waals surface area (Å²) in [5.41, 5.74) is 0.237. The number of ether oxygens (including phenoxy) is 1. The Hall–Kier alpha value is -1.30. The van der Waals surface area contributed by atoms with Gasteiger partial charge in [0.2, 0.25) is 0 Å². The predicted molar refractivity (Wildman–Crippen MR) is 104 cm³/mol. The first kappa shape index (κ1) is 23.7. The van der Waals surface area contributed by atoms with E-state index in [9.17, 15) is 14.4 Å². The van der Waals surface area contributed by atoms with E-state index in [1.807, 2.05) is 26.8 Å². The molecule has 1 amide bonds. The van der Waals surface area contributed by atoms with Crippen LogP contribution in [0.3, 0.4) is 0 Å². The van der Waals surface area contributed by atoms with Gasteiger partial charge in [0.05, 0.1) is 6.54 Å². The monoisotopic (exact) mass is 371 g/mol. The van der Waals surface area contributed by atoms with Gasteiger partial charge < -0.3 is 10.1 Å². The molecule has 0 unspecified atom stereocenters. The molecule has 0 aliphatic rings. The number of nitrogens with one attached hydrogen (secondary N) is 1. The second kappa shape index (κ2) is 12.1. The SMILES string of the molecule is CCC(/C=C(\C)C(=O)OCCNC(=O)SCCC(=O)C(C)(C)C)CC. The number of Topliss-reactive ketones (excluding diaryl/α,β-unsaturated/α-hetero) is 1. The highest BCUT2D eigenvalue weighted by Crippen LogP contribution is 2.18. The van der Waals surface area contributed by atoms with Gasteiger partial charge in [-0.1, -0.05) is 52.5 Å². The van der Waals surface area contributed by atoms with Gasteiger partial charge in [0.1, 0.15) is 12.4 Å². The standard InChI is InChI=1S/C19H33NO4S/c1-7-15(8-2)13-14(3)17(22)24-11-10-20-18(23)25-12-9-16(21)19(4,5)6/h13,15H,7-12H2,1-6H3,(H,20,23)/b14-13+. The number of amides is 1. The Morgan fingerprint density at radius 1 is 1.16 bits per heavy atom. The summed E-state index contributed by atoms with van der Waals surface area (Å²) in [6.45, 7) is 11.9. The van der Waals surface area contributed by atoms with Crippen LogP contribution in [-0.2, 0) is 14.3 Å². The van der Waals surface area contributed by atoms with Crippen molar-refractivity contribution in [3.8, 4) is 0 Å². The molecule has 0 rings (SSSR count). The van der Waals surface area contributed by atoms with Crippen LogP contribution in [0.4, 0.5) is 4.79 Å². The van der Waals surface area contributed by atoms with Gasteiger partial charge in [0.25, 0.3) is 5.24 Å². The van der Waals surface area contributed by atoms with Gasteiger partial charge in [-0.15, -0.1) is 0 Å². The van der Waals surface area contributed by atoms with E-state index >= 15 is 0 Å². The van der Waals surface area contributed by atoms with Crippen LogP contribution in [0.1, 0.15) is 60.8 Å². The number of hydrogen-bond acceptors (Lipinski definition) is 5. The maximum atomic E-state index is 11.9. The number of carbonyl (C=O) groups excluding carboxylic acids is 3. The van der Waals surface area contributed by atoms with E-state index in [4.69, 9.17) is 4.74 Å². The van der Waals surface area contributed by atoms with E-state index in [-0.39, 0.29) is 35.6 Å². The Labute approximate surface area is 156 Å². The van der Waals surface area contributed by atoms with E-state index in [0.29, 0.717) is 23.7 Å². The number of allylic oxidation sites excluding steroid dienone is 1. The van der Waals surface area contributed by atoms with E-state index in [1.165, 1.54) is 0 Å². The van der Waals surface area contributed by atoms with Gasteiger partial charge in [-0.05, 0) is 25.7 Å². The van der Waals surface area contributed by atoms with Crippen molar-refractivity contribution in [1.29, 1.82) is 0 Å². The molecular formula is C19H33NO4S. The normalized spacial score (nSPS) is 12.2. The Bertz CT molecular complexity index is 476. The number of ketones is 1. The number of rotatable bonds is 10. The lowest BCUT2D eigenvalue weighted by Crippen LogP contribution is -2.26. The van der Waals surface area contributed by atoms with Gasteiger partial charge in [-0.2, -0.15) is 0 Å². The molecular weight excluding hydrogens is 338 g/mol. The first-order valence-electron chi connectivity index (χ1n) is 8.91. The summed E-state index contributed by atoms with van der Waals surface area (Å²) >= 11 is 1.08. The highest BCUT2D eigenvalue weighted by molar-refractivity contribution is 8.13. The molecule has 0 aliphatic carbocycles. The maximum Gasteiger partial charge on any atom is 0.333 e. The molecule has 0 saturated heterocycles. The quantitative estimate of drug-likeness (QED) is 0.351. The maximum absolute atomic E-state index is 11.9. The fourth-order valence-corrected chi connectivity index (χ4v) is 2.70. The van der Waals surface area contributed by atoms with Crippen molar-refractivity contribution in [2.24, 2.45) is 11.3 Å². The Balaban J connectivity index is 3.95. The van der Waals surface area contributed by atoms with Crippen molar-refractivity contribution in [2.75, 3.05) is 18.9 Å². The second-order valence-corrected chi connectivity index (χ2v) is 8.12. The van der Waals surface area contributed by atoms with E-state index < -0.39 is 0 Å². The van der Waals surface area contributed by atoms with Crippen LogP contribution >= 0.6 is 11.8 Å². The van der Waals surface area contributed by atoms with Crippen LogP contribution in [0.5, 0.6) is 0 Å². The van der Waals surface area contributed by atoms with E-state index in [0.717, 1.165) is 24.6 Å². The molecule has 0 heterocycles. The van der Waals surface area contributed by atoms with Crippen LogP contribution in [0, 0.1) is 11.3 Å². The highest BCUT2D eigenvalue weighted by Gasteiger charge is 2.20. The summed E-state index contributed by atoms with van der Waals surface area (Å²) in [6, 6.07) is 0. The number of carbonyl (C=O) groups is 3. The summed E-state index contributed by atoms with van der Waals surface area (Å²) < 4.78 is 5.15. The lowest BCUT2D eigenvalue weighted by molar-refractivity contribution is -0.138. The molecule has 0 radical (unpaired) electrons. The zero-order valence-electron chi connectivity index (χ0n) is 16.4. The molecule has 0 saturated carbocycles. The van der Waals surface area contributed by atoms with Crippen LogP contribution in [0.15, 0.2) is 11.6 Å². The Morgan fingerprint density at radius 3 is 2.28 bits per heavy atom. The van der Waals surface area contributed by atoms with Crippen molar-refractivity contribution >= 4 is 28.8 Å². The van der Waals surface area contributed by atoms with Gasteiger partial charge in [-0.3, -0.25) is 9.59 Å². The van der Waals surface area contributed by atoms with E-state index in [2.05, 4.69) is 19.2 Å². The minimum absolute atomic E-state index is 0.139. The van der Waals surface area contributed by atoms with E-state index in [1.54, 1.807) is 6.92 Å². The Kier molecular flexibility index (Phi) is 11.5. The van der Waals surface area contributed by atoms with Crippen molar-refractivity contribution in [1.82, 2.24) is 5.32 Å². The molecule has 6 heteroatoms. The van der Waals surface area contributed by atoms with Crippen molar-refractivity contribution in [2.45, 2.75) is 60.8 Å². The minimum atomic E-state index is -0.370. The molecule has 0 aromatic rings. The molecule has 0 atom stereocenters. The summed E-state index contributed by atoms with van der Waals surface area (Å²) in [5, 5.41) is 2.46. The van der Waals surface area contributed by atoms with Crippen LogP contribution in [0.25, 0.3) is 0 Å². The van der Waals surface area contributed by atoms with Gasteiger partial charge in [0.15, 0.2) is 0 Å². The second-order valence-electron chi connectivity index (χ2n) is 7.05. The zero-order chi connectivity index (χ0) is 19.5. The third kappa shape index (κ3) is 11.0. The molecule has 25 heavy (non-hydrogen) atoms. The fraction of sp³-hybridized carbons (Fsp3) is 0.737. The Morgan fingerprint density at radius 2 is 1.76 bits per heavy atom. The smallest absolute Gasteiger partial charge is 0.333 e. The molecule has 5 nitrogen and oxygen atoms in total. The lowest BCUT2D eigenvalue weighted by atomic mass is 9.89. The summed E-state index contributed by atoms with van der Waals surface area (Å²) in [4.78, 5) is 35.3. The molecule has 0 aromatic carbocycles.